The van der Waals surface area contributed by atoms with Crippen LogP contribution in [-0.4, -0.2) is 11.5 Å². The van der Waals surface area contributed by atoms with Crippen LogP contribution in [0.5, 0.6) is 0 Å². The van der Waals surface area contributed by atoms with Gasteiger partial charge in [-0.25, -0.2) is 0 Å². The molecule has 2 aromatic rings. The summed E-state index contributed by atoms with van der Waals surface area (Å²) in [7, 11) is 0. The minimum absolute atomic E-state index is 1.06. The number of nitrogens with zero attached hydrogens (tertiary/aromatic N) is 1. The standard InChI is InChI=1S/C15H18N2/c1-2-17(12-14-6-4-3-5-7-14)13-15-8-10-16-11-9-15/h3-11H,2,12-13H2,1H3/p+1. The summed E-state index contributed by atoms with van der Waals surface area (Å²) >= 11 is 0. The first-order valence-electron chi connectivity index (χ1n) is 6.15. The molecule has 1 heterocycles. The van der Waals surface area contributed by atoms with Gasteiger partial charge in [0.2, 0.25) is 0 Å². The topological polar surface area (TPSA) is 17.3 Å². The number of benzene rings is 1. The van der Waals surface area contributed by atoms with Gasteiger partial charge in [-0.15, -0.1) is 0 Å². The van der Waals surface area contributed by atoms with E-state index < -0.39 is 0 Å². The van der Waals surface area contributed by atoms with E-state index in [1.54, 1.807) is 4.90 Å². The van der Waals surface area contributed by atoms with E-state index in [0.29, 0.717) is 0 Å². The van der Waals surface area contributed by atoms with Gasteiger partial charge < -0.3 is 4.90 Å². The zero-order chi connectivity index (χ0) is 11.9. The minimum atomic E-state index is 1.06. The summed E-state index contributed by atoms with van der Waals surface area (Å²) in [6, 6.07) is 14.9. The van der Waals surface area contributed by atoms with Gasteiger partial charge in [-0.3, -0.25) is 4.98 Å². The molecule has 0 fully saturated rings. The van der Waals surface area contributed by atoms with Crippen molar-refractivity contribution >= 4 is 0 Å². The second kappa shape index (κ2) is 6.16. The van der Waals surface area contributed by atoms with Crippen molar-refractivity contribution in [2.45, 2.75) is 20.0 Å². The predicted octanol–water partition coefficient (Wildman–Crippen LogP) is 1.69. The predicted molar refractivity (Wildman–Crippen MR) is 69.6 cm³/mol. The lowest BCUT2D eigenvalue weighted by Crippen LogP contribution is -3.09. The molecular weight excluding hydrogens is 208 g/mol. The van der Waals surface area contributed by atoms with Crippen molar-refractivity contribution in [3.63, 3.8) is 0 Å². The highest BCUT2D eigenvalue weighted by molar-refractivity contribution is 5.13. The number of hydrogen-bond acceptors (Lipinski definition) is 1. The van der Waals surface area contributed by atoms with Gasteiger partial charge in [0, 0.05) is 23.5 Å². The third kappa shape index (κ3) is 3.68. The molecule has 0 saturated heterocycles. The van der Waals surface area contributed by atoms with Crippen LogP contribution in [0.2, 0.25) is 0 Å². The van der Waals surface area contributed by atoms with Crippen molar-refractivity contribution in [3.05, 3.63) is 66.0 Å². The minimum Gasteiger partial charge on any atom is -0.328 e. The molecule has 2 rings (SSSR count). The van der Waals surface area contributed by atoms with Gasteiger partial charge in [0.15, 0.2) is 0 Å². The maximum Gasteiger partial charge on any atom is 0.103 e. The quantitative estimate of drug-likeness (QED) is 0.822. The molecule has 0 aliphatic heterocycles. The molecule has 2 nitrogen and oxygen atoms in total. The summed E-state index contributed by atoms with van der Waals surface area (Å²) in [6.07, 6.45) is 3.73. The first-order valence-corrected chi connectivity index (χ1v) is 6.15. The Bertz CT molecular complexity index is 384. The molecular formula is C15H19N2+. The molecule has 2 heteroatoms. The Kier molecular flexibility index (Phi) is 4.28. The van der Waals surface area contributed by atoms with E-state index >= 15 is 0 Å². The smallest absolute Gasteiger partial charge is 0.103 e. The largest absolute Gasteiger partial charge is 0.328 e. The van der Waals surface area contributed by atoms with Crippen LogP contribution in [0.4, 0.5) is 0 Å². The maximum absolute atomic E-state index is 4.05. The van der Waals surface area contributed by atoms with E-state index in [4.69, 9.17) is 0 Å². The fourth-order valence-corrected chi connectivity index (χ4v) is 1.99. The van der Waals surface area contributed by atoms with Gasteiger partial charge in [-0.1, -0.05) is 30.3 Å². The molecule has 0 bridgehead atoms. The van der Waals surface area contributed by atoms with E-state index in [-0.39, 0.29) is 0 Å². The number of pyridine rings is 1. The molecule has 0 spiro atoms. The van der Waals surface area contributed by atoms with Gasteiger partial charge >= 0.3 is 0 Å². The van der Waals surface area contributed by atoms with E-state index in [9.17, 15) is 0 Å². The van der Waals surface area contributed by atoms with Crippen molar-refractivity contribution in [1.82, 2.24) is 4.98 Å². The molecule has 0 saturated carbocycles. The average molecular weight is 227 g/mol. The number of nitrogens with one attached hydrogen (secondary N) is 1. The molecule has 1 aromatic heterocycles. The summed E-state index contributed by atoms with van der Waals surface area (Å²) in [6.45, 7) is 5.52. The zero-order valence-electron chi connectivity index (χ0n) is 10.3. The highest BCUT2D eigenvalue weighted by atomic mass is 15.1. The van der Waals surface area contributed by atoms with E-state index in [1.165, 1.54) is 11.1 Å². The van der Waals surface area contributed by atoms with Crippen molar-refractivity contribution in [2.24, 2.45) is 0 Å². The van der Waals surface area contributed by atoms with Crippen LogP contribution in [0.3, 0.4) is 0 Å². The van der Waals surface area contributed by atoms with Crippen LogP contribution in [0.25, 0.3) is 0 Å². The van der Waals surface area contributed by atoms with Crippen LogP contribution in [0.1, 0.15) is 18.1 Å². The Morgan fingerprint density at radius 1 is 0.882 bits per heavy atom. The lowest BCUT2D eigenvalue weighted by molar-refractivity contribution is -0.925. The van der Waals surface area contributed by atoms with Crippen LogP contribution in [0, 0.1) is 0 Å². The lowest BCUT2D eigenvalue weighted by atomic mass is 10.2. The van der Waals surface area contributed by atoms with Gasteiger partial charge in [-0.05, 0) is 19.1 Å². The zero-order valence-corrected chi connectivity index (χ0v) is 10.3. The third-order valence-corrected chi connectivity index (χ3v) is 3.00. The maximum atomic E-state index is 4.05. The van der Waals surface area contributed by atoms with Crippen LogP contribution in [-0.2, 0) is 13.1 Å². The van der Waals surface area contributed by atoms with Gasteiger partial charge in [0.25, 0.3) is 0 Å². The monoisotopic (exact) mass is 227 g/mol. The molecule has 0 radical (unpaired) electrons. The summed E-state index contributed by atoms with van der Waals surface area (Å²) in [5.74, 6) is 0. The summed E-state index contributed by atoms with van der Waals surface area (Å²) in [5, 5.41) is 0. The Morgan fingerprint density at radius 3 is 2.06 bits per heavy atom. The second-order valence-corrected chi connectivity index (χ2v) is 4.30. The first-order chi connectivity index (χ1) is 8.38. The van der Waals surface area contributed by atoms with E-state index in [0.717, 1.165) is 19.6 Å². The molecule has 17 heavy (non-hydrogen) atoms. The fourth-order valence-electron chi connectivity index (χ4n) is 1.99. The van der Waals surface area contributed by atoms with Crippen LogP contribution < -0.4 is 4.90 Å². The molecule has 1 unspecified atom stereocenters. The normalized spacial score (nSPS) is 12.3. The van der Waals surface area contributed by atoms with Crippen LogP contribution in [0.15, 0.2) is 54.9 Å². The van der Waals surface area contributed by atoms with Crippen molar-refractivity contribution in [1.29, 1.82) is 0 Å². The molecule has 88 valence electrons. The molecule has 1 atom stereocenters. The molecule has 0 amide bonds. The summed E-state index contributed by atoms with van der Waals surface area (Å²) < 4.78 is 0. The fraction of sp³-hybridized carbons (Fsp3) is 0.267. The Balaban J connectivity index is 1.98. The highest BCUT2D eigenvalue weighted by Crippen LogP contribution is 1.97. The van der Waals surface area contributed by atoms with Crippen molar-refractivity contribution in [2.75, 3.05) is 6.54 Å². The second-order valence-electron chi connectivity index (χ2n) is 4.30. The summed E-state index contributed by atoms with van der Waals surface area (Å²) in [5.41, 5.74) is 2.76. The molecule has 0 aliphatic carbocycles. The average Bonchev–Trinajstić information content (AvgIpc) is 2.40. The highest BCUT2D eigenvalue weighted by Gasteiger charge is 2.07. The van der Waals surface area contributed by atoms with Crippen LogP contribution >= 0.6 is 0 Å². The van der Waals surface area contributed by atoms with E-state index in [1.807, 2.05) is 12.4 Å². The molecule has 1 aromatic carbocycles. The SMILES string of the molecule is CC[NH+](Cc1ccccc1)Cc1ccncc1. The number of quaternary nitrogens is 1. The Hall–Kier alpha value is -1.67. The number of hydrogen-bond donors (Lipinski definition) is 1. The molecule has 1 N–H and O–H groups in total. The van der Waals surface area contributed by atoms with Crippen molar-refractivity contribution in [3.8, 4) is 0 Å². The summed E-state index contributed by atoms with van der Waals surface area (Å²) in [4.78, 5) is 5.62. The molecule has 0 aliphatic rings. The number of aromatic nitrogens is 1. The van der Waals surface area contributed by atoms with Gasteiger partial charge in [0.1, 0.15) is 13.1 Å². The Labute approximate surface area is 103 Å². The first kappa shape index (κ1) is 11.8. The third-order valence-electron chi connectivity index (χ3n) is 3.00. The van der Waals surface area contributed by atoms with Gasteiger partial charge in [0.05, 0.1) is 6.54 Å². The number of rotatable bonds is 5. The van der Waals surface area contributed by atoms with E-state index in [2.05, 4.69) is 54.4 Å². The Morgan fingerprint density at radius 2 is 1.47 bits per heavy atom. The van der Waals surface area contributed by atoms with Crippen molar-refractivity contribution < 1.29 is 4.90 Å². The lowest BCUT2D eigenvalue weighted by Gasteiger charge is -2.17. The van der Waals surface area contributed by atoms with Gasteiger partial charge in [-0.2, -0.15) is 0 Å².